The van der Waals surface area contributed by atoms with E-state index >= 15 is 0 Å². The first-order valence-corrected chi connectivity index (χ1v) is 6.15. The molecular weight excluding hydrogens is 293 g/mol. The van der Waals surface area contributed by atoms with Crippen molar-refractivity contribution in [1.29, 1.82) is 0 Å². The second kappa shape index (κ2) is 5.68. The topological polar surface area (TPSA) is 17.1 Å². The van der Waals surface area contributed by atoms with Crippen molar-refractivity contribution in [3.8, 4) is 0 Å². The van der Waals surface area contributed by atoms with E-state index in [-0.39, 0.29) is 33.4 Å². The maximum absolute atomic E-state index is 13.5. The molecule has 0 unspecified atom stereocenters. The summed E-state index contributed by atoms with van der Waals surface area (Å²) in [6.07, 6.45) is -0.134. The summed E-state index contributed by atoms with van der Waals surface area (Å²) in [5, 5.41) is 0.126. The number of hydrogen-bond donors (Lipinski definition) is 0. The standard InChI is InChI=1S/C14H8Cl2F2O/c15-10-3-1-8(13(18)7-10)6-14(19)9-2-4-12(17)11(16)5-9/h1-5,7H,6H2. The summed E-state index contributed by atoms with van der Waals surface area (Å²) in [6, 6.07) is 7.74. The molecule has 0 aromatic heterocycles. The van der Waals surface area contributed by atoms with Gasteiger partial charge in [-0.05, 0) is 35.9 Å². The molecule has 0 radical (unpaired) electrons. The first-order chi connectivity index (χ1) is 8.97. The molecule has 2 rings (SSSR count). The molecule has 0 saturated carbocycles. The van der Waals surface area contributed by atoms with Crippen molar-refractivity contribution in [2.45, 2.75) is 6.42 Å². The van der Waals surface area contributed by atoms with Gasteiger partial charge in [0.25, 0.3) is 0 Å². The Morgan fingerprint density at radius 2 is 1.74 bits per heavy atom. The molecule has 0 saturated heterocycles. The van der Waals surface area contributed by atoms with E-state index in [4.69, 9.17) is 23.2 Å². The molecule has 0 spiro atoms. The van der Waals surface area contributed by atoms with Gasteiger partial charge in [-0.1, -0.05) is 29.3 Å². The monoisotopic (exact) mass is 300 g/mol. The zero-order valence-corrected chi connectivity index (χ0v) is 11.1. The zero-order valence-electron chi connectivity index (χ0n) is 9.59. The van der Waals surface area contributed by atoms with Gasteiger partial charge in [-0.3, -0.25) is 4.79 Å². The van der Waals surface area contributed by atoms with Crippen LogP contribution in [0.1, 0.15) is 15.9 Å². The summed E-state index contributed by atoms with van der Waals surface area (Å²) < 4.78 is 26.5. The van der Waals surface area contributed by atoms with Crippen LogP contribution in [0.2, 0.25) is 10.0 Å². The maximum Gasteiger partial charge on any atom is 0.167 e. The Morgan fingerprint density at radius 1 is 1.00 bits per heavy atom. The number of hydrogen-bond acceptors (Lipinski definition) is 1. The van der Waals surface area contributed by atoms with Gasteiger partial charge in [0.1, 0.15) is 11.6 Å². The molecule has 0 amide bonds. The zero-order chi connectivity index (χ0) is 14.0. The lowest BCUT2D eigenvalue weighted by Crippen LogP contribution is -2.05. The molecular formula is C14H8Cl2F2O. The highest BCUT2D eigenvalue weighted by atomic mass is 35.5. The van der Waals surface area contributed by atoms with Crippen molar-refractivity contribution in [1.82, 2.24) is 0 Å². The third-order valence-electron chi connectivity index (χ3n) is 2.61. The van der Waals surface area contributed by atoms with Crippen molar-refractivity contribution < 1.29 is 13.6 Å². The Hall–Kier alpha value is -1.45. The van der Waals surface area contributed by atoms with Gasteiger partial charge in [-0.25, -0.2) is 8.78 Å². The third-order valence-corrected chi connectivity index (χ3v) is 3.13. The first-order valence-electron chi connectivity index (χ1n) is 5.39. The van der Waals surface area contributed by atoms with Crippen LogP contribution in [0.25, 0.3) is 0 Å². The molecule has 2 aromatic rings. The highest BCUT2D eigenvalue weighted by Crippen LogP contribution is 2.19. The van der Waals surface area contributed by atoms with Gasteiger partial charge in [-0.2, -0.15) is 0 Å². The molecule has 0 heterocycles. The molecule has 0 aliphatic rings. The number of halogens is 4. The Labute approximate surface area is 118 Å². The van der Waals surface area contributed by atoms with Gasteiger partial charge >= 0.3 is 0 Å². The van der Waals surface area contributed by atoms with Gasteiger partial charge in [0, 0.05) is 17.0 Å². The van der Waals surface area contributed by atoms with Crippen LogP contribution >= 0.6 is 23.2 Å². The summed E-state index contributed by atoms with van der Waals surface area (Å²) in [5.74, 6) is -1.49. The maximum atomic E-state index is 13.5. The van der Waals surface area contributed by atoms with E-state index in [0.717, 1.165) is 12.1 Å². The van der Waals surface area contributed by atoms with Crippen LogP contribution in [0.3, 0.4) is 0 Å². The van der Waals surface area contributed by atoms with E-state index < -0.39 is 11.6 Å². The minimum atomic E-state index is -0.601. The normalized spacial score (nSPS) is 10.5. The highest BCUT2D eigenvalue weighted by Gasteiger charge is 2.12. The molecule has 2 aromatic carbocycles. The lowest BCUT2D eigenvalue weighted by molar-refractivity contribution is 0.0992. The van der Waals surface area contributed by atoms with Crippen LogP contribution in [0.5, 0.6) is 0 Å². The summed E-state index contributed by atoms with van der Waals surface area (Å²) >= 11 is 11.2. The van der Waals surface area contributed by atoms with Gasteiger partial charge < -0.3 is 0 Å². The number of Topliss-reactive ketones (excluding diaryl/α,β-unsaturated/α-hetero) is 1. The minimum Gasteiger partial charge on any atom is -0.294 e. The number of ketones is 1. The predicted octanol–water partition coefficient (Wildman–Crippen LogP) is 4.70. The van der Waals surface area contributed by atoms with E-state index in [1.165, 1.54) is 24.3 Å². The summed E-state index contributed by atoms with van der Waals surface area (Å²) in [5.41, 5.74) is 0.468. The van der Waals surface area contributed by atoms with Crippen molar-refractivity contribution >= 4 is 29.0 Å². The second-order valence-electron chi connectivity index (χ2n) is 3.96. The fourth-order valence-electron chi connectivity index (χ4n) is 1.61. The van der Waals surface area contributed by atoms with Gasteiger partial charge in [0.2, 0.25) is 0 Å². The first kappa shape index (κ1) is 14.0. The third kappa shape index (κ3) is 3.31. The Balaban J connectivity index is 2.23. The van der Waals surface area contributed by atoms with E-state index in [9.17, 15) is 13.6 Å². The van der Waals surface area contributed by atoms with Crippen LogP contribution in [-0.4, -0.2) is 5.78 Å². The average molecular weight is 301 g/mol. The summed E-state index contributed by atoms with van der Waals surface area (Å²) in [6.45, 7) is 0. The van der Waals surface area contributed by atoms with E-state index in [2.05, 4.69) is 0 Å². The average Bonchev–Trinajstić information content (AvgIpc) is 2.36. The SMILES string of the molecule is O=C(Cc1ccc(Cl)cc1F)c1ccc(F)c(Cl)c1. The molecule has 0 N–H and O–H groups in total. The molecule has 0 atom stereocenters. The molecule has 0 aliphatic heterocycles. The van der Waals surface area contributed by atoms with Crippen LogP contribution < -0.4 is 0 Å². The number of carbonyl (C=O) groups is 1. The Bertz CT molecular complexity index is 641. The second-order valence-corrected chi connectivity index (χ2v) is 4.81. The fraction of sp³-hybridized carbons (Fsp3) is 0.0714. The Morgan fingerprint density at radius 3 is 2.37 bits per heavy atom. The van der Waals surface area contributed by atoms with Crippen molar-refractivity contribution in [3.63, 3.8) is 0 Å². The van der Waals surface area contributed by atoms with Gasteiger partial charge in [0.05, 0.1) is 5.02 Å². The quantitative estimate of drug-likeness (QED) is 0.751. The highest BCUT2D eigenvalue weighted by molar-refractivity contribution is 6.31. The van der Waals surface area contributed by atoms with Crippen molar-refractivity contribution in [2.24, 2.45) is 0 Å². The predicted molar refractivity (Wildman–Crippen MR) is 70.9 cm³/mol. The fourth-order valence-corrected chi connectivity index (χ4v) is 1.95. The summed E-state index contributed by atoms with van der Waals surface area (Å²) in [7, 11) is 0. The van der Waals surface area contributed by atoms with Gasteiger partial charge in [0.15, 0.2) is 5.78 Å². The largest absolute Gasteiger partial charge is 0.294 e. The van der Waals surface area contributed by atoms with E-state index in [1.807, 2.05) is 0 Å². The van der Waals surface area contributed by atoms with Crippen LogP contribution in [0, 0.1) is 11.6 Å². The minimum absolute atomic E-state index is 0.134. The molecule has 0 aliphatic carbocycles. The van der Waals surface area contributed by atoms with Crippen LogP contribution in [0.4, 0.5) is 8.78 Å². The molecule has 19 heavy (non-hydrogen) atoms. The number of benzene rings is 2. The van der Waals surface area contributed by atoms with E-state index in [1.54, 1.807) is 0 Å². The van der Waals surface area contributed by atoms with Crippen LogP contribution in [-0.2, 0) is 6.42 Å². The number of rotatable bonds is 3. The van der Waals surface area contributed by atoms with Crippen molar-refractivity contribution in [2.75, 3.05) is 0 Å². The van der Waals surface area contributed by atoms with Crippen LogP contribution in [0.15, 0.2) is 36.4 Å². The lowest BCUT2D eigenvalue weighted by atomic mass is 10.0. The molecule has 5 heteroatoms. The summed E-state index contributed by atoms with van der Waals surface area (Å²) in [4.78, 5) is 11.9. The van der Waals surface area contributed by atoms with Crippen molar-refractivity contribution in [3.05, 3.63) is 69.2 Å². The molecule has 1 nitrogen and oxygen atoms in total. The molecule has 0 bridgehead atoms. The Kier molecular flexibility index (Phi) is 4.17. The van der Waals surface area contributed by atoms with E-state index in [0.29, 0.717) is 0 Å². The molecule has 0 fully saturated rings. The molecule has 98 valence electrons. The van der Waals surface area contributed by atoms with Gasteiger partial charge in [-0.15, -0.1) is 0 Å². The lowest BCUT2D eigenvalue weighted by Gasteiger charge is -2.04. The smallest absolute Gasteiger partial charge is 0.167 e. The number of carbonyl (C=O) groups excluding carboxylic acids is 1.